The Bertz CT molecular complexity index is 1230. The number of nitro groups is 1. The summed E-state index contributed by atoms with van der Waals surface area (Å²) in [5, 5.41) is 19.4. The third-order valence-corrected chi connectivity index (χ3v) is 6.68. The van der Waals surface area contributed by atoms with Crippen molar-refractivity contribution in [3.05, 3.63) is 51.5 Å². The number of hydrogen-bond acceptors (Lipinski definition) is 9. The highest BCUT2D eigenvalue weighted by atomic mass is 32.2. The van der Waals surface area contributed by atoms with Gasteiger partial charge >= 0.3 is 5.69 Å². The van der Waals surface area contributed by atoms with E-state index in [9.17, 15) is 32.6 Å². The number of ether oxygens (including phenoxy) is 1. The number of nitriles is 1. The molecule has 1 unspecified atom stereocenters. The normalized spacial score (nSPS) is 16.9. The summed E-state index contributed by atoms with van der Waals surface area (Å²) in [5.74, 6) is -2.62. The van der Waals surface area contributed by atoms with Gasteiger partial charge in [-0.2, -0.15) is 5.26 Å². The van der Waals surface area contributed by atoms with Gasteiger partial charge in [0.05, 0.1) is 23.2 Å². The molecule has 1 aliphatic rings. The van der Waals surface area contributed by atoms with Crippen LogP contribution in [0.25, 0.3) is 0 Å². The van der Waals surface area contributed by atoms with Crippen LogP contribution in [0.1, 0.15) is 30.6 Å². The smallest absolute Gasteiger partial charge is 0.335 e. The lowest BCUT2D eigenvalue weighted by Gasteiger charge is -2.38. The van der Waals surface area contributed by atoms with Crippen molar-refractivity contribution in [3.63, 3.8) is 0 Å². The molecule has 1 atom stereocenters. The van der Waals surface area contributed by atoms with Gasteiger partial charge in [-0.3, -0.25) is 10.1 Å². The van der Waals surface area contributed by atoms with Crippen molar-refractivity contribution in [3.8, 4) is 6.07 Å². The number of aryl methyl sites for hydroxylation is 1. The molecule has 3 rings (SSSR count). The summed E-state index contributed by atoms with van der Waals surface area (Å²) in [5.41, 5.74) is -2.12. The number of halogens is 2. The molecule has 0 radical (unpaired) electrons. The fraction of sp³-hybridized carbons (Fsp3) is 0.421. The molecule has 32 heavy (non-hydrogen) atoms. The molecule has 1 fully saturated rings. The lowest BCUT2D eigenvalue weighted by Crippen LogP contribution is -2.49. The van der Waals surface area contributed by atoms with Crippen molar-refractivity contribution in [1.82, 2.24) is 9.97 Å². The van der Waals surface area contributed by atoms with E-state index < -0.39 is 53.5 Å². The summed E-state index contributed by atoms with van der Waals surface area (Å²) in [6, 6.07) is 3.21. The zero-order chi connectivity index (χ0) is 23.8. The molecule has 0 amide bonds. The summed E-state index contributed by atoms with van der Waals surface area (Å²) in [6.07, 6.45) is 0. The molecule has 1 aromatic heterocycles. The van der Waals surface area contributed by atoms with Gasteiger partial charge in [-0.05, 0) is 32.9 Å². The first-order chi connectivity index (χ1) is 14.9. The molecule has 0 bridgehead atoms. The molecule has 1 aliphatic heterocycles. The quantitative estimate of drug-likeness (QED) is 0.369. The van der Waals surface area contributed by atoms with E-state index in [-0.39, 0.29) is 31.3 Å². The van der Waals surface area contributed by atoms with Crippen LogP contribution >= 0.6 is 0 Å². The molecule has 0 N–H and O–H groups in total. The van der Waals surface area contributed by atoms with Crippen LogP contribution < -0.4 is 4.90 Å². The number of anilines is 1. The Kier molecular flexibility index (Phi) is 6.12. The predicted molar refractivity (Wildman–Crippen MR) is 108 cm³/mol. The predicted octanol–water partition coefficient (Wildman–Crippen LogP) is 2.63. The molecule has 170 valence electrons. The first-order valence-corrected chi connectivity index (χ1v) is 10.9. The van der Waals surface area contributed by atoms with E-state index in [1.165, 1.54) is 13.0 Å². The molecule has 0 aliphatic carbocycles. The minimum atomic E-state index is -4.84. The summed E-state index contributed by atoms with van der Waals surface area (Å²) in [4.78, 5) is 19.7. The Morgan fingerprint density at radius 1 is 1.34 bits per heavy atom. The van der Waals surface area contributed by atoms with Crippen molar-refractivity contribution in [2.45, 2.75) is 36.5 Å². The van der Waals surface area contributed by atoms with E-state index in [1.807, 2.05) is 0 Å². The summed E-state index contributed by atoms with van der Waals surface area (Å²) in [7, 11) is -4.84. The first kappa shape index (κ1) is 23.4. The highest BCUT2D eigenvalue weighted by molar-refractivity contribution is 7.92. The molecule has 2 heterocycles. The average Bonchev–Trinajstić information content (AvgIpc) is 2.66. The van der Waals surface area contributed by atoms with Crippen LogP contribution in [-0.2, 0) is 14.6 Å². The van der Waals surface area contributed by atoms with Crippen LogP contribution in [0, 0.1) is 40.0 Å². The zero-order valence-electron chi connectivity index (χ0n) is 17.4. The van der Waals surface area contributed by atoms with Crippen molar-refractivity contribution < 1.29 is 26.9 Å². The highest BCUT2D eigenvalue weighted by Gasteiger charge is 2.42. The topological polar surface area (TPSA) is 139 Å². The van der Waals surface area contributed by atoms with E-state index in [0.29, 0.717) is 18.2 Å². The third kappa shape index (κ3) is 4.37. The van der Waals surface area contributed by atoms with E-state index >= 15 is 0 Å². The number of rotatable bonds is 5. The van der Waals surface area contributed by atoms with E-state index in [4.69, 9.17) is 4.74 Å². The van der Waals surface area contributed by atoms with E-state index in [0.717, 1.165) is 0 Å². The van der Waals surface area contributed by atoms with Gasteiger partial charge in [0.25, 0.3) is 0 Å². The summed E-state index contributed by atoms with van der Waals surface area (Å²) in [6.45, 7) is 5.63. The lowest BCUT2D eigenvalue weighted by atomic mass is 10.1. The standard InChI is InChI=1S/C19H19F2N5O5S/c1-11-23-16(15(9-22)32(29,30)14-5-4-12(20)8-13(14)21)17(26(27)28)18(24-11)25-6-7-31-19(2,3)10-25/h4-5,8,15H,6-7,10H2,1-3H3. The van der Waals surface area contributed by atoms with Gasteiger partial charge in [-0.15, -0.1) is 0 Å². The maximum atomic E-state index is 14.2. The van der Waals surface area contributed by atoms with Crippen LogP contribution in [0.2, 0.25) is 0 Å². The molecule has 0 saturated carbocycles. The molecule has 10 nitrogen and oxygen atoms in total. The zero-order valence-corrected chi connectivity index (χ0v) is 18.2. The average molecular weight is 467 g/mol. The Balaban J connectivity index is 2.23. The largest absolute Gasteiger partial charge is 0.372 e. The Morgan fingerprint density at radius 3 is 2.59 bits per heavy atom. The second kappa shape index (κ2) is 8.36. The second-order valence-corrected chi connectivity index (χ2v) is 9.75. The van der Waals surface area contributed by atoms with Gasteiger partial charge in [-0.1, -0.05) is 0 Å². The minimum Gasteiger partial charge on any atom is -0.372 e. The van der Waals surface area contributed by atoms with Crippen molar-refractivity contribution in [2.75, 3.05) is 24.6 Å². The van der Waals surface area contributed by atoms with Crippen LogP contribution in [0.5, 0.6) is 0 Å². The van der Waals surface area contributed by atoms with Gasteiger partial charge in [0.1, 0.15) is 22.4 Å². The Morgan fingerprint density at radius 2 is 2.03 bits per heavy atom. The molecule has 1 aromatic carbocycles. The van der Waals surface area contributed by atoms with E-state index in [1.54, 1.807) is 18.7 Å². The van der Waals surface area contributed by atoms with Crippen LogP contribution in [-0.4, -0.2) is 48.6 Å². The fourth-order valence-electron chi connectivity index (χ4n) is 3.46. The SMILES string of the molecule is Cc1nc(C(C#N)S(=O)(=O)c2ccc(F)cc2F)c([N+](=O)[O-])c(N2CCOC(C)(C)C2)n1. The Labute approximate surface area is 182 Å². The monoisotopic (exact) mass is 467 g/mol. The second-order valence-electron chi connectivity index (χ2n) is 7.74. The van der Waals surface area contributed by atoms with Crippen LogP contribution in [0.3, 0.4) is 0 Å². The number of sulfone groups is 1. The van der Waals surface area contributed by atoms with Crippen molar-refractivity contribution >= 4 is 21.3 Å². The van der Waals surface area contributed by atoms with Gasteiger partial charge in [0, 0.05) is 19.2 Å². The third-order valence-electron chi connectivity index (χ3n) is 4.79. The van der Waals surface area contributed by atoms with Gasteiger partial charge in [-0.25, -0.2) is 27.2 Å². The van der Waals surface area contributed by atoms with Gasteiger partial charge in [0.15, 0.2) is 5.69 Å². The Hall–Kier alpha value is -3.24. The first-order valence-electron chi connectivity index (χ1n) is 9.38. The maximum absolute atomic E-state index is 14.2. The molecular weight excluding hydrogens is 448 g/mol. The number of aromatic nitrogens is 2. The van der Waals surface area contributed by atoms with E-state index in [2.05, 4.69) is 9.97 Å². The summed E-state index contributed by atoms with van der Waals surface area (Å²) < 4.78 is 59.2. The maximum Gasteiger partial charge on any atom is 0.335 e. The minimum absolute atomic E-state index is 0.0140. The van der Waals surface area contributed by atoms with Gasteiger partial charge < -0.3 is 9.64 Å². The highest BCUT2D eigenvalue weighted by Crippen LogP contribution is 2.39. The number of benzene rings is 1. The molecular formula is C19H19F2N5O5S. The fourth-order valence-corrected chi connectivity index (χ4v) is 4.90. The molecule has 0 spiro atoms. The number of morpholine rings is 1. The van der Waals surface area contributed by atoms with Crippen molar-refractivity contribution in [1.29, 1.82) is 5.26 Å². The van der Waals surface area contributed by atoms with Crippen LogP contribution in [0.4, 0.5) is 20.3 Å². The van der Waals surface area contributed by atoms with Gasteiger partial charge in [0.2, 0.25) is 20.9 Å². The van der Waals surface area contributed by atoms with Crippen molar-refractivity contribution in [2.24, 2.45) is 0 Å². The summed E-state index contributed by atoms with van der Waals surface area (Å²) >= 11 is 0. The molecule has 13 heteroatoms. The molecule has 2 aromatic rings. The number of nitrogens with zero attached hydrogens (tertiary/aromatic N) is 5. The lowest BCUT2D eigenvalue weighted by molar-refractivity contribution is -0.385. The molecule has 1 saturated heterocycles. The van der Waals surface area contributed by atoms with Crippen LogP contribution in [0.15, 0.2) is 23.1 Å². The number of hydrogen-bond donors (Lipinski definition) is 0.